The Kier molecular flexibility index (Phi) is 7.18. The Bertz CT molecular complexity index is 479. The third-order valence-electron chi connectivity index (χ3n) is 2.38. The van der Waals surface area contributed by atoms with Crippen LogP contribution in [0.15, 0.2) is 18.2 Å². The second kappa shape index (κ2) is 8.66. The molecule has 110 valence electrons. The average molecular weight is 320 g/mol. The third-order valence-corrected chi connectivity index (χ3v) is 3.18. The Balaban J connectivity index is 2.26. The van der Waals surface area contributed by atoms with Gasteiger partial charge in [-0.25, -0.2) is 0 Å². The summed E-state index contributed by atoms with van der Waals surface area (Å²) in [4.78, 5) is 22.3. The monoisotopic (exact) mass is 319 g/mol. The zero-order chi connectivity index (χ0) is 15.0. The van der Waals surface area contributed by atoms with Gasteiger partial charge in [-0.3, -0.25) is 9.59 Å². The summed E-state index contributed by atoms with van der Waals surface area (Å²) in [7, 11) is 1.32. The third kappa shape index (κ3) is 5.67. The summed E-state index contributed by atoms with van der Waals surface area (Å²) in [5.74, 6) is -0.254. The van der Waals surface area contributed by atoms with Crippen molar-refractivity contribution in [3.05, 3.63) is 28.2 Å². The molecule has 0 fully saturated rings. The molecule has 0 spiro atoms. The fraction of sp³-hybridized carbons (Fsp3) is 0.385. The van der Waals surface area contributed by atoms with Crippen molar-refractivity contribution in [3.63, 3.8) is 0 Å². The highest BCUT2D eigenvalue weighted by Gasteiger charge is 2.08. The lowest BCUT2D eigenvalue weighted by molar-refractivity contribution is -0.140. The van der Waals surface area contributed by atoms with Crippen LogP contribution in [0.1, 0.15) is 12.8 Å². The molecule has 0 radical (unpaired) electrons. The van der Waals surface area contributed by atoms with E-state index in [1.54, 1.807) is 18.2 Å². The fourth-order valence-electron chi connectivity index (χ4n) is 1.35. The van der Waals surface area contributed by atoms with E-state index in [-0.39, 0.29) is 29.9 Å². The Morgan fingerprint density at radius 1 is 1.30 bits per heavy atom. The number of carbonyl (C=O) groups is 2. The SMILES string of the molecule is COC(=O)CCCNC(=O)COc1cccc(Cl)c1Cl. The molecule has 0 bridgehead atoms. The molecule has 0 heterocycles. The topological polar surface area (TPSA) is 64.6 Å². The van der Waals surface area contributed by atoms with Crippen molar-refractivity contribution in [1.29, 1.82) is 0 Å². The molecular weight excluding hydrogens is 305 g/mol. The minimum atomic E-state index is -0.304. The van der Waals surface area contributed by atoms with Crippen LogP contribution in [0.5, 0.6) is 5.75 Å². The molecule has 20 heavy (non-hydrogen) atoms. The quantitative estimate of drug-likeness (QED) is 0.619. The Morgan fingerprint density at radius 2 is 2.05 bits per heavy atom. The molecule has 0 saturated heterocycles. The number of carbonyl (C=O) groups excluding carboxylic acids is 2. The largest absolute Gasteiger partial charge is 0.482 e. The lowest BCUT2D eigenvalue weighted by Gasteiger charge is -2.09. The second-order valence-corrected chi connectivity index (χ2v) is 4.66. The van der Waals surface area contributed by atoms with Crippen LogP contribution in [0.4, 0.5) is 0 Å². The van der Waals surface area contributed by atoms with E-state index in [4.69, 9.17) is 27.9 Å². The first-order valence-corrected chi connectivity index (χ1v) is 6.70. The molecule has 0 atom stereocenters. The molecule has 1 amide bonds. The molecular formula is C13H15Cl2NO4. The number of benzene rings is 1. The first-order chi connectivity index (χ1) is 9.54. The molecule has 0 aliphatic carbocycles. The summed E-state index contributed by atoms with van der Waals surface area (Å²) in [6, 6.07) is 4.93. The van der Waals surface area contributed by atoms with Gasteiger partial charge in [-0.2, -0.15) is 0 Å². The van der Waals surface area contributed by atoms with Gasteiger partial charge >= 0.3 is 5.97 Å². The number of nitrogens with one attached hydrogen (secondary N) is 1. The molecule has 1 aromatic carbocycles. The van der Waals surface area contributed by atoms with E-state index in [0.717, 1.165) is 0 Å². The summed E-state index contributed by atoms with van der Waals surface area (Å²) in [6.07, 6.45) is 0.772. The van der Waals surface area contributed by atoms with Crippen LogP contribution in [0.3, 0.4) is 0 Å². The maximum Gasteiger partial charge on any atom is 0.305 e. The Labute approximate surface area is 127 Å². The van der Waals surface area contributed by atoms with Crippen molar-refractivity contribution < 1.29 is 19.1 Å². The van der Waals surface area contributed by atoms with Crippen molar-refractivity contribution in [2.75, 3.05) is 20.3 Å². The number of hydrogen-bond donors (Lipinski definition) is 1. The molecule has 0 aromatic heterocycles. The van der Waals surface area contributed by atoms with Crippen LogP contribution < -0.4 is 10.1 Å². The summed E-state index contributed by atoms with van der Waals surface area (Å²) in [5, 5.41) is 3.25. The molecule has 1 aromatic rings. The number of ether oxygens (including phenoxy) is 2. The van der Waals surface area contributed by atoms with E-state index in [9.17, 15) is 9.59 Å². The van der Waals surface area contributed by atoms with E-state index < -0.39 is 0 Å². The number of rotatable bonds is 7. The maximum absolute atomic E-state index is 11.5. The van der Waals surface area contributed by atoms with Crippen LogP contribution in [0, 0.1) is 0 Å². The first-order valence-electron chi connectivity index (χ1n) is 5.95. The zero-order valence-corrected chi connectivity index (χ0v) is 12.5. The molecule has 0 unspecified atom stereocenters. The van der Waals surface area contributed by atoms with Crippen LogP contribution in [0.2, 0.25) is 10.0 Å². The molecule has 5 nitrogen and oxygen atoms in total. The van der Waals surface area contributed by atoms with Gasteiger partial charge < -0.3 is 14.8 Å². The predicted octanol–water partition coefficient (Wildman–Crippen LogP) is 2.44. The van der Waals surface area contributed by atoms with E-state index in [0.29, 0.717) is 23.7 Å². The van der Waals surface area contributed by atoms with Crippen LogP contribution in [-0.2, 0) is 14.3 Å². The van der Waals surface area contributed by atoms with Crippen molar-refractivity contribution >= 4 is 35.1 Å². The number of halogens is 2. The summed E-state index contributed by atoms with van der Waals surface area (Å²) >= 11 is 11.7. The lowest BCUT2D eigenvalue weighted by Crippen LogP contribution is -2.30. The minimum absolute atomic E-state index is 0.168. The highest BCUT2D eigenvalue weighted by molar-refractivity contribution is 6.42. The number of amides is 1. The standard InChI is InChI=1S/C13H15Cl2NO4/c1-19-12(18)6-3-7-16-11(17)8-20-10-5-2-4-9(14)13(10)15/h2,4-5H,3,6-8H2,1H3,(H,16,17). The predicted molar refractivity (Wildman–Crippen MR) is 76.2 cm³/mol. The normalized spacial score (nSPS) is 9.95. The fourth-order valence-corrected chi connectivity index (χ4v) is 1.70. The van der Waals surface area contributed by atoms with Gasteiger partial charge in [0.1, 0.15) is 10.8 Å². The summed E-state index contributed by atoms with van der Waals surface area (Å²) in [6.45, 7) is 0.207. The van der Waals surface area contributed by atoms with Crippen molar-refractivity contribution in [2.24, 2.45) is 0 Å². The summed E-state index contributed by atoms with van der Waals surface area (Å²) < 4.78 is 9.74. The van der Waals surface area contributed by atoms with Gasteiger partial charge in [0.05, 0.1) is 12.1 Å². The van der Waals surface area contributed by atoms with E-state index in [1.807, 2.05) is 0 Å². The average Bonchev–Trinajstić information content (AvgIpc) is 2.44. The molecule has 0 aliphatic heterocycles. The number of hydrogen-bond acceptors (Lipinski definition) is 4. The minimum Gasteiger partial charge on any atom is -0.482 e. The van der Waals surface area contributed by atoms with Gasteiger partial charge in [-0.05, 0) is 18.6 Å². The molecule has 1 rings (SSSR count). The van der Waals surface area contributed by atoms with E-state index in [1.165, 1.54) is 7.11 Å². The van der Waals surface area contributed by atoms with Crippen LogP contribution >= 0.6 is 23.2 Å². The van der Waals surface area contributed by atoms with Gasteiger partial charge in [0.25, 0.3) is 5.91 Å². The first kappa shape index (κ1) is 16.6. The van der Waals surface area contributed by atoms with Gasteiger partial charge in [0, 0.05) is 13.0 Å². The van der Waals surface area contributed by atoms with Gasteiger partial charge in [-0.1, -0.05) is 29.3 Å². The number of methoxy groups -OCH3 is 1. The summed E-state index contributed by atoms with van der Waals surface area (Å²) in [5.41, 5.74) is 0. The van der Waals surface area contributed by atoms with Gasteiger partial charge in [0.2, 0.25) is 0 Å². The lowest BCUT2D eigenvalue weighted by atomic mass is 10.3. The maximum atomic E-state index is 11.5. The number of esters is 1. The molecule has 1 N–H and O–H groups in total. The highest BCUT2D eigenvalue weighted by atomic mass is 35.5. The van der Waals surface area contributed by atoms with Crippen molar-refractivity contribution in [1.82, 2.24) is 5.32 Å². The molecule has 0 aliphatic rings. The molecule has 0 saturated carbocycles. The van der Waals surface area contributed by atoms with Gasteiger partial charge in [-0.15, -0.1) is 0 Å². The smallest absolute Gasteiger partial charge is 0.305 e. The Hall–Kier alpha value is -1.46. The molecule has 7 heteroatoms. The zero-order valence-electron chi connectivity index (χ0n) is 10.9. The van der Waals surface area contributed by atoms with E-state index in [2.05, 4.69) is 10.1 Å². The van der Waals surface area contributed by atoms with Gasteiger partial charge in [0.15, 0.2) is 6.61 Å². The Morgan fingerprint density at radius 3 is 2.75 bits per heavy atom. The highest BCUT2D eigenvalue weighted by Crippen LogP contribution is 2.31. The second-order valence-electron chi connectivity index (χ2n) is 3.87. The van der Waals surface area contributed by atoms with Crippen molar-refractivity contribution in [3.8, 4) is 5.75 Å². The van der Waals surface area contributed by atoms with Crippen LogP contribution in [-0.4, -0.2) is 32.1 Å². The van der Waals surface area contributed by atoms with Crippen LogP contribution in [0.25, 0.3) is 0 Å². The van der Waals surface area contributed by atoms with Crippen molar-refractivity contribution in [2.45, 2.75) is 12.8 Å². The van der Waals surface area contributed by atoms with E-state index >= 15 is 0 Å².